The van der Waals surface area contributed by atoms with Crippen LogP contribution in [0.3, 0.4) is 0 Å². The lowest BCUT2D eigenvalue weighted by Crippen LogP contribution is -2.63. The number of nitrogens with zero attached hydrogens (tertiary/aromatic N) is 4. The summed E-state index contributed by atoms with van der Waals surface area (Å²) in [5.41, 5.74) is 0.745. The van der Waals surface area contributed by atoms with Gasteiger partial charge >= 0.3 is 0 Å². The second kappa shape index (κ2) is 6.88. The number of hydrogen-bond acceptors (Lipinski definition) is 5. The molecular formula is C21H23N5O3. The molecule has 0 saturated carbocycles. The molecule has 0 bridgehead atoms. The molecule has 150 valence electrons. The highest BCUT2D eigenvalue weighted by Gasteiger charge is 2.53. The number of benzene rings is 1. The fourth-order valence-electron chi connectivity index (χ4n) is 4.01. The molecule has 1 aromatic heterocycles. The first-order chi connectivity index (χ1) is 13.8. The zero-order valence-electron chi connectivity index (χ0n) is 16.7. The normalized spacial score (nSPS) is 20.4. The highest BCUT2D eigenvalue weighted by atomic mass is 16.2. The molecule has 1 saturated heterocycles. The van der Waals surface area contributed by atoms with Gasteiger partial charge in [0.1, 0.15) is 18.0 Å². The van der Waals surface area contributed by atoms with E-state index in [0.29, 0.717) is 29.8 Å². The topological polar surface area (TPSA) is 85.9 Å². The molecule has 3 heterocycles. The molecule has 29 heavy (non-hydrogen) atoms. The lowest BCUT2D eigenvalue weighted by Gasteiger charge is -2.48. The molecule has 1 N–H and O–H groups in total. The van der Waals surface area contributed by atoms with Crippen molar-refractivity contribution in [3.05, 3.63) is 48.2 Å². The van der Waals surface area contributed by atoms with E-state index >= 15 is 0 Å². The van der Waals surface area contributed by atoms with Crippen LogP contribution in [0.2, 0.25) is 0 Å². The van der Waals surface area contributed by atoms with Gasteiger partial charge in [0.15, 0.2) is 0 Å². The van der Waals surface area contributed by atoms with Crippen molar-refractivity contribution < 1.29 is 14.4 Å². The Kier molecular flexibility index (Phi) is 4.49. The van der Waals surface area contributed by atoms with Crippen LogP contribution in [0.1, 0.15) is 30.1 Å². The number of hydrogen-bond donors (Lipinski definition) is 1. The molecule has 1 unspecified atom stereocenters. The highest BCUT2D eigenvalue weighted by Crippen LogP contribution is 2.43. The summed E-state index contributed by atoms with van der Waals surface area (Å²) in [6, 6.07) is 10.6. The van der Waals surface area contributed by atoms with Gasteiger partial charge < -0.3 is 15.1 Å². The van der Waals surface area contributed by atoms with Crippen LogP contribution in [-0.2, 0) is 9.59 Å². The van der Waals surface area contributed by atoms with Crippen molar-refractivity contribution in [1.29, 1.82) is 0 Å². The van der Waals surface area contributed by atoms with E-state index in [9.17, 15) is 14.4 Å². The summed E-state index contributed by atoms with van der Waals surface area (Å²) in [5.74, 6) is 0.155. The second-order valence-corrected chi connectivity index (χ2v) is 7.70. The molecule has 2 aliphatic heterocycles. The summed E-state index contributed by atoms with van der Waals surface area (Å²) in [5, 5.41) is 2.79. The largest absolute Gasteiger partial charge is 0.363 e. The Bertz CT molecular complexity index is 988. The number of fused-ring (bicyclic) bond motifs is 3. The highest BCUT2D eigenvalue weighted by molar-refractivity contribution is 6.11. The summed E-state index contributed by atoms with van der Waals surface area (Å²) in [6.45, 7) is 1.69. The Balaban J connectivity index is 1.58. The molecule has 8 heteroatoms. The predicted molar refractivity (Wildman–Crippen MR) is 110 cm³/mol. The van der Waals surface area contributed by atoms with Gasteiger partial charge in [-0.25, -0.2) is 4.98 Å². The van der Waals surface area contributed by atoms with E-state index in [4.69, 9.17) is 0 Å². The zero-order chi connectivity index (χ0) is 20.8. The number of nitrogens with one attached hydrogen (secondary N) is 1. The van der Waals surface area contributed by atoms with E-state index in [1.54, 1.807) is 41.4 Å². The first-order valence-electron chi connectivity index (χ1n) is 9.48. The van der Waals surface area contributed by atoms with Crippen molar-refractivity contribution in [2.75, 3.05) is 35.8 Å². The minimum Gasteiger partial charge on any atom is -0.363 e. The molecule has 1 aromatic carbocycles. The van der Waals surface area contributed by atoms with E-state index in [0.717, 1.165) is 5.82 Å². The Labute approximate surface area is 169 Å². The Morgan fingerprint density at radius 2 is 1.97 bits per heavy atom. The summed E-state index contributed by atoms with van der Waals surface area (Å²) in [4.78, 5) is 47.8. The first-order valence-corrected chi connectivity index (χ1v) is 9.48. The van der Waals surface area contributed by atoms with Gasteiger partial charge in [-0.1, -0.05) is 12.1 Å². The van der Waals surface area contributed by atoms with Crippen molar-refractivity contribution in [2.24, 2.45) is 0 Å². The lowest BCUT2D eigenvalue weighted by atomic mass is 9.98. The van der Waals surface area contributed by atoms with Gasteiger partial charge in [-0.2, -0.15) is 0 Å². The van der Waals surface area contributed by atoms with E-state index in [1.807, 2.05) is 32.0 Å². The molecule has 1 atom stereocenters. The van der Waals surface area contributed by atoms with Crippen molar-refractivity contribution in [3.8, 4) is 0 Å². The number of rotatable bonds is 4. The number of pyridine rings is 1. The SMILES string of the molecule is CN(C)c1ccc(NC(=O)CN2C(=O)c3ccccc3N3C(=O)CCC23C)cn1. The van der Waals surface area contributed by atoms with E-state index in [1.165, 1.54) is 4.90 Å². The number of anilines is 3. The molecule has 2 aliphatic rings. The third kappa shape index (κ3) is 3.10. The number of carbonyl (C=O) groups is 3. The Morgan fingerprint density at radius 3 is 2.66 bits per heavy atom. The average molecular weight is 393 g/mol. The molecule has 4 rings (SSSR count). The second-order valence-electron chi connectivity index (χ2n) is 7.70. The van der Waals surface area contributed by atoms with Crippen LogP contribution < -0.4 is 15.1 Å². The van der Waals surface area contributed by atoms with Crippen LogP contribution in [-0.4, -0.2) is 53.9 Å². The van der Waals surface area contributed by atoms with Crippen LogP contribution in [0.5, 0.6) is 0 Å². The summed E-state index contributed by atoms with van der Waals surface area (Å²) < 4.78 is 0. The minimum absolute atomic E-state index is 0.0404. The monoisotopic (exact) mass is 393 g/mol. The quantitative estimate of drug-likeness (QED) is 0.860. The molecule has 0 spiro atoms. The number of carbonyl (C=O) groups excluding carboxylic acids is 3. The third-order valence-corrected chi connectivity index (χ3v) is 5.54. The van der Waals surface area contributed by atoms with Crippen LogP contribution >= 0.6 is 0 Å². The van der Waals surface area contributed by atoms with Gasteiger partial charge in [0.05, 0.1) is 23.1 Å². The maximum Gasteiger partial charge on any atom is 0.258 e. The van der Waals surface area contributed by atoms with Crippen LogP contribution in [0.4, 0.5) is 17.2 Å². The van der Waals surface area contributed by atoms with Crippen LogP contribution in [0.15, 0.2) is 42.6 Å². The predicted octanol–water partition coefficient (Wildman–Crippen LogP) is 2.09. The fourth-order valence-corrected chi connectivity index (χ4v) is 4.01. The molecule has 0 radical (unpaired) electrons. The summed E-state index contributed by atoms with van der Waals surface area (Å²) in [7, 11) is 3.77. The van der Waals surface area contributed by atoms with Gasteiger partial charge in [0.25, 0.3) is 5.91 Å². The maximum atomic E-state index is 13.2. The third-order valence-electron chi connectivity index (χ3n) is 5.54. The minimum atomic E-state index is -0.854. The fraction of sp³-hybridized carbons (Fsp3) is 0.333. The van der Waals surface area contributed by atoms with Crippen molar-refractivity contribution >= 4 is 34.9 Å². The molecular weight excluding hydrogens is 370 g/mol. The van der Waals surface area contributed by atoms with Gasteiger partial charge in [-0.15, -0.1) is 0 Å². The van der Waals surface area contributed by atoms with E-state index < -0.39 is 5.66 Å². The standard InChI is InChI=1S/C21H23N5O3/c1-21-11-10-19(28)26(21)16-7-5-4-6-15(16)20(29)25(21)13-18(27)23-14-8-9-17(22-12-14)24(2)3/h4-9,12H,10-11,13H2,1-3H3,(H,23,27). The lowest BCUT2D eigenvalue weighted by molar-refractivity contribution is -0.120. The summed E-state index contributed by atoms with van der Waals surface area (Å²) in [6.07, 6.45) is 2.40. The van der Waals surface area contributed by atoms with Gasteiger partial charge in [-0.3, -0.25) is 19.3 Å². The number of aromatic nitrogens is 1. The summed E-state index contributed by atoms with van der Waals surface area (Å²) >= 11 is 0. The molecule has 2 aromatic rings. The first kappa shape index (κ1) is 18.9. The van der Waals surface area contributed by atoms with Crippen molar-refractivity contribution in [2.45, 2.75) is 25.4 Å². The van der Waals surface area contributed by atoms with E-state index in [2.05, 4.69) is 10.3 Å². The van der Waals surface area contributed by atoms with E-state index in [-0.39, 0.29) is 24.3 Å². The molecule has 1 fully saturated rings. The van der Waals surface area contributed by atoms with Crippen LogP contribution in [0.25, 0.3) is 0 Å². The van der Waals surface area contributed by atoms with Gasteiger partial charge in [0.2, 0.25) is 11.8 Å². The molecule has 8 nitrogen and oxygen atoms in total. The maximum absolute atomic E-state index is 13.2. The average Bonchev–Trinajstić information content (AvgIpc) is 3.01. The Hall–Kier alpha value is -3.42. The molecule has 0 aliphatic carbocycles. The van der Waals surface area contributed by atoms with Gasteiger partial charge in [-0.05, 0) is 37.6 Å². The number of amides is 3. The van der Waals surface area contributed by atoms with Crippen molar-refractivity contribution in [1.82, 2.24) is 9.88 Å². The molecule has 3 amide bonds. The van der Waals surface area contributed by atoms with Crippen LogP contribution in [0, 0.1) is 0 Å². The zero-order valence-corrected chi connectivity index (χ0v) is 16.7. The number of para-hydroxylation sites is 1. The Morgan fingerprint density at radius 1 is 1.21 bits per heavy atom. The van der Waals surface area contributed by atoms with Gasteiger partial charge in [0, 0.05) is 20.5 Å². The van der Waals surface area contributed by atoms with Crippen molar-refractivity contribution in [3.63, 3.8) is 0 Å². The smallest absolute Gasteiger partial charge is 0.258 e.